The number of rotatable bonds is 6. The molecule has 1 heterocycles. The van der Waals surface area contributed by atoms with Crippen LogP contribution < -0.4 is 5.32 Å². The van der Waals surface area contributed by atoms with E-state index in [1.165, 1.54) is 0 Å². The van der Waals surface area contributed by atoms with Gasteiger partial charge in [-0.1, -0.05) is 42.5 Å². The number of aryl methyl sites for hydroxylation is 1. The van der Waals surface area contributed by atoms with Gasteiger partial charge in [0, 0.05) is 19.2 Å². The van der Waals surface area contributed by atoms with Crippen molar-refractivity contribution >= 4 is 5.91 Å². The van der Waals surface area contributed by atoms with Gasteiger partial charge in [-0.05, 0) is 24.6 Å². The van der Waals surface area contributed by atoms with Crippen molar-refractivity contribution in [1.29, 1.82) is 0 Å². The van der Waals surface area contributed by atoms with Crippen LogP contribution >= 0.6 is 0 Å². The first kappa shape index (κ1) is 16.9. The maximum absolute atomic E-state index is 12.3. The number of carbonyl (C=O) groups excluding carboxylic acids is 1. The van der Waals surface area contributed by atoms with Gasteiger partial charge in [0.2, 0.25) is 5.82 Å². The minimum absolute atomic E-state index is 0.136. The second-order valence-corrected chi connectivity index (χ2v) is 5.62. The van der Waals surface area contributed by atoms with Crippen molar-refractivity contribution in [1.82, 2.24) is 20.1 Å². The summed E-state index contributed by atoms with van der Waals surface area (Å²) >= 11 is 0. The number of carbonyl (C=O) groups is 1. The first-order chi connectivity index (χ1) is 12.2. The molecule has 0 atom stereocenters. The monoisotopic (exact) mass is 336 g/mol. The van der Waals surface area contributed by atoms with Gasteiger partial charge in [0.15, 0.2) is 5.82 Å². The maximum atomic E-state index is 12.3. The van der Waals surface area contributed by atoms with Gasteiger partial charge in [-0.3, -0.25) is 4.79 Å². The fourth-order valence-corrected chi connectivity index (χ4v) is 2.47. The largest absolute Gasteiger partial charge is 0.383 e. The Morgan fingerprint density at radius 1 is 1.16 bits per heavy atom. The van der Waals surface area contributed by atoms with E-state index >= 15 is 0 Å². The van der Waals surface area contributed by atoms with Gasteiger partial charge in [0.05, 0.1) is 12.3 Å². The Morgan fingerprint density at radius 3 is 2.68 bits per heavy atom. The molecule has 0 bridgehead atoms. The highest BCUT2D eigenvalue weighted by molar-refractivity contribution is 5.91. The minimum atomic E-state index is -0.319. The van der Waals surface area contributed by atoms with Crippen LogP contribution in [-0.2, 0) is 4.74 Å². The topological polar surface area (TPSA) is 69.0 Å². The zero-order valence-electron chi connectivity index (χ0n) is 14.3. The van der Waals surface area contributed by atoms with Gasteiger partial charge in [0.25, 0.3) is 5.91 Å². The molecule has 1 N–H and O–H groups in total. The molecule has 0 saturated carbocycles. The van der Waals surface area contributed by atoms with Gasteiger partial charge in [-0.25, -0.2) is 9.67 Å². The summed E-state index contributed by atoms with van der Waals surface area (Å²) in [6.07, 6.45) is 0. The van der Waals surface area contributed by atoms with Crippen LogP contribution in [0.2, 0.25) is 0 Å². The lowest BCUT2D eigenvalue weighted by Gasteiger charge is -2.06. The van der Waals surface area contributed by atoms with E-state index < -0.39 is 0 Å². The lowest BCUT2D eigenvalue weighted by Crippen LogP contribution is -2.28. The Balaban J connectivity index is 2.01. The van der Waals surface area contributed by atoms with Gasteiger partial charge in [-0.2, -0.15) is 0 Å². The number of methoxy groups -OCH3 is 1. The summed E-state index contributed by atoms with van der Waals surface area (Å²) in [7, 11) is 1.59. The lowest BCUT2D eigenvalue weighted by atomic mass is 10.2. The van der Waals surface area contributed by atoms with Gasteiger partial charge in [0.1, 0.15) is 0 Å². The summed E-state index contributed by atoms with van der Waals surface area (Å²) in [5, 5.41) is 7.18. The fourth-order valence-electron chi connectivity index (χ4n) is 2.47. The number of ether oxygens (including phenoxy) is 1. The molecule has 3 aromatic rings. The number of nitrogens with zero attached hydrogens (tertiary/aromatic N) is 3. The van der Waals surface area contributed by atoms with Crippen molar-refractivity contribution in [3.05, 3.63) is 66.0 Å². The Bertz CT molecular complexity index is 859. The minimum Gasteiger partial charge on any atom is -0.383 e. The number of aromatic nitrogens is 3. The first-order valence-electron chi connectivity index (χ1n) is 8.05. The molecule has 6 nitrogen and oxygen atoms in total. The summed E-state index contributed by atoms with van der Waals surface area (Å²) in [6.45, 7) is 2.87. The normalized spacial score (nSPS) is 10.6. The Hall–Kier alpha value is -2.99. The predicted molar refractivity (Wildman–Crippen MR) is 95.7 cm³/mol. The van der Waals surface area contributed by atoms with Crippen LogP contribution in [0.15, 0.2) is 54.6 Å². The smallest absolute Gasteiger partial charge is 0.291 e. The van der Waals surface area contributed by atoms with Crippen LogP contribution in [0.3, 0.4) is 0 Å². The van der Waals surface area contributed by atoms with Crippen molar-refractivity contribution in [2.75, 3.05) is 20.3 Å². The van der Waals surface area contributed by atoms with Crippen LogP contribution in [0.1, 0.15) is 16.2 Å². The SMILES string of the molecule is COCCNC(=O)c1nc(-c2ccccc2)n(-c2cccc(C)c2)n1. The summed E-state index contributed by atoms with van der Waals surface area (Å²) in [6, 6.07) is 17.6. The van der Waals surface area contributed by atoms with Gasteiger partial charge < -0.3 is 10.1 Å². The van der Waals surface area contributed by atoms with Crippen LogP contribution in [0.5, 0.6) is 0 Å². The zero-order valence-corrected chi connectivity index (χ0v) is 14.3. The molecule has 0 radical (unpaired) electrons. The molecule has 0 aliphatic heterocycles. The van der Waals surface area contributed by atoms with Crippen LogP contribution in [0.4, 0.5) is 0 Å². The molecule has 0 fully saturated rings. The van der Waals surface area contributed by atoms with Crippen molar-refractivity contribution in [2.45, 2.75) is 6.92 Å². The standard InChI is InChI=1S/C19H20N4O2/c1-14-7-6-10-16(13-14)23-18(15-8-4-3-5-9-15)21-17(22-23)19(24)20-11-12-25-2/h3-10,13H,11-12H2,1-2H3,(H,20,24). The Kier molecular flexibility index (Phi) is 5.20. The number of benzene rings is 2. The van der Waals surface area contributed by atoms with Crippen molar-refractivity contribution in [3.8, 4) is 17.1 Å². The highest BCUT2D eigenvalue weighted by Crippen LogP contribution is 2.21. The predicted octanol–water partition coefficient (Wildman–Crippen LogP) is 2.62. The molecule has 6 heteroatoms. The molecular formula is C19H20N4O2. The van der Waals surface area contributed by atoms with Crippen molar-refractivity contribution in [3.63, 3.8) is 0 Å². The molecule has 1 aromatic heterocycles. The van der Waals surface area contributed by atoms with Gasteiger partial charge >= 0.3 is 0 Å². The zero-order chi connectivity index (χ0) is 17.6. The Morgan fingerprint density at radius 2 is 1.96 bits per heavy atom. The summed E-state index contributed by atoms with van der Waals surface area (Å²) in [4.78, 5) is 16.8. The average molecular weight is 336 g/mol. The third-order valence-corrected chi connectivity index (χ3v) is 3.68. The second kappa shape index (κ2) is 7.72. The molecule has 1 amide bonds. The molecule has 0 saturated heterocycles. The molecule has 0 aliphatic rings. The number of nitrogens with one attached hydrogen (secondary N) is 1. The van der Waals surface area contributed by atoms with E-state index in [1.807, 2.05) is 61.5 Å². The number of hydrogen-bond donors (Lipinski definition) is 1. The first-order valence-corrected chi connectivity index (χ1v) is 8.05. The fraction of sp³-hybridized carbons (Fsp3) is 0.211. The van der Waals surface area contributed by atoms with E-state index in [1.54, 1.807) is 11.8 Å². The molecule has 128 valence electrons. The highest BCUT2D eigenvalue weighted by Gasteiger charge is 2.18. The van der Waals surface area contributed by atoms with Gasteiger partial charge in [-0.15, -0.1) is 5.10 Å². The maximum Gasteiger partial charge on any atom is 0.291 e. The van der Waals surface area contributed by atoms with E-state index in [-0.39, 0.29) is 11.7 Å². The van der Waals surface area contributed by atoms with E-state index in [0.29, 0.717) is 19.0 Å². The van der Waals surface area contributed by atoms with E-state index in [4.69, 9.17) is 4.74 Å². The van der Waals surface area contributed by atoms with Crippen LogP contribution in [-0.4, -0.2) is 40.9 Å². The molecule has 3 rings (SSSR count). The van der Waals surface area contributed by atoms with Crippen LogP contribution in [0.25, 0.3) is 17.1 Å². The average Bonchev–Trinajstić information content (AvgIpc) is 3.08. The summed E-state index contributed by atoms with van der Waals surface area (Å²) < 4.78 is 6.65. The molecule has 0 spiro atoms. The number of amides is 1. The van der Waals surface area contributed by atoms with Crippen molar-refractivity contribution < 1.29 is 9.53 Å². The number of hydrogen-bond acceptors (Lipinski definition) is 4. The third-order valence-electron chi connectivity index (χ3n) is 3.68. The quantitative estimate of drug-likeness (QED) is 0.703. The second-order valence-electron chi connectivity index (χ2n) is 5.62. The summed E-state index contributed by atoms with van der Waals surface area (Å²) in [5.74, 6) is 0.445. The molecule has 0 unspecified atom stereocenters. The van der Waals surface area contributed by atoms with E-state index in [0.717, 1.165) is 16.8 Å². The van der Waals surface area contributed by atoms with E-state index in [2.05, 4.69) is 15.4 Å². The molecule has 25 heavy (non-hydrogen) atoms. The summed E-state index contributed by atoms with van der Waals surface area (Å²) in [5.41, 5.74) is 2.87. The van der Waals surface area contributed by atoms with E-state index in [9.17, 15) is 4.79 Å². The molecule has 0 aliphatic carbocycles. The third kappa shape index (κ3) is 3.92. The highest BCUT2D eigenvalue weighted by atomic mass is 16.5. The molecule has 2 aromatic carbocycles. The van der Waals surface area contributed by atoms with Crippen molar-refractivity contribution in [2.24, 2.45) is 0 Å². The molecular weight excluding hydrogens is 316 g/mol. The Labute approximate surface area is 146 Å². The lowest BCUT2D eigenvalue weighted by molar-refractivity contribution is 0.0927. The van der Waals surface area contributed by atoms with Crippen LogP contribution in [0, 0.1) is 6.92 Å².